The molecule has 0 saturated carbocycles. The van der Waals surface area contributed by atoms with Crippen molar-refractivity contribution in [3.63, 3.8) is 0 Å². The molecule has 16 heavy (non-hydrogen) atoms. The van der Waals surface area contributed by atoms with Crippen molar-refractivity contribution < 1.29 is 0 Å². The highest BCUT2D eigenvalue weighted by Gasteiger charge is 2.20. The lowest BCUT2D eigenvalue weighted by Crippen LogP contribution is -2.38. The molecule has 4 nitrogen and oxygen atoms in total. The van der Waals surface area contributed by atoms with Crippen molar-refractivity contribution in [3.05, 3.63) is 18.0 Å². The van der Waals surface area contributed by atoms with E-state index in [1.54, 1.807) is 25.0 Å². The summed E-state index contributed by atoms with van der Waals surface area (Å²) in [5.41, 5.74) is 0.505. The topological polar surface area (TPSA) is 61.6 Å². The first-order valence-electron chi connectivity index (χ1n) is 5.12. The van der Waals surface area contributed by atoms with Crippen LogP contribution in [0.15, 0.2) is 17.4 Å². The molecule has 0 spiro atoms. The molecule has 0 fully saturated rings. The Bertz CT molecular complexity index is 388. The molecule has 1 heterocycles. The Hall–Kier alpha value is -1.12. The Kier molecular flexibility index (Phi) is 4.71. The molecule has 1 aromatic rings. The molecular formula is C11H16N4S. The van der Waals surface area contributed by atoms with Crippen molar-refractivity contribution in [2.45, 2.75) is 31.0 Å². The second-order valence-corrected chi connectivity index (χ2v) is 4.84. The number of hydrogen-bond acceptors (Lipinski definition) is 5. The lowest BCUT2D eigenvalue weighted by atomic mass is 10.0. The Balaban J connectivity index is 2.45. The van der Waals surface area contributed by atoms with Gasteiger partial charge in [0.15, 0.2) is 5.16 Å². The normalized spacial score (nSPS) is 14.1. The van der Waals surface area contributed by atoms with Crippen LogP contribution in [0.2, 0.25) is 0 Å². The van der Waals surface area contributed by atoms with Gasteiger partial charge in [-0.3, -0.25) is 0 Å². The van der Waals surface area contributed by atoms with Crippen molar-refractivity contribution in [1.29, 1.82) is 5.26 Å². The molecule has 0 radical (unpaired) electrons. The van der Waals surface area contributed by atoms with Crippen molar-refractivity contribution >= 4 is 11.8 Å². The number of nitriles is 1. The smallest absolute Gasteiger partial charge is 0.187 e. The number of nitrogens with zero attached hydrogens (tertiary/aromatic N) is 3. The first-order valence-corrected chi connectivity index (χ1v) is 6.11. The van der Waals surface area contributed by atoms with Crippen LogP contribution in [0.5, 0.6) is 0 Å². The first-order chi connectivity index (χ1) is 7.59. The number of nitrogens with one attached hydrogen (secondary N) is 1. The molecule has 5 heteroatoms. The molecule has 1 rings (SSSR count). The van der Waals surface area contributed by atoms with Gasteiger partial charge >= 0.3 is 0 Å². The Morgan fingerprint density at radius 2 is 2.38 bits per heavy atom. The van der Waals surface area contributed by atoms with E-state index in [1.165, 1.54) is 0 Å². The van der Waals surface area contributed by atoms with E-state index in [1.807, 2.05) is 19.9 Å². The van der Waals surface area contributed by atoms with Gasteiger partial charge in [-0.05, 0) is 33.4 Å². The van der Waals surface area contributed by atoms with Crippen molar-refractivity contribution in [2.75, 3.05) is 12.8 Å². The molecule has 0 bridgehead atoms. The summed E-state index contributed by atoms with van der Waals surface area (Å²) in [4.78, 5) is 8.45. The lowest BCUT2D eigenvalue weighted by Gasteiger charge is -2.19. The zero-order valence-corrected chi connectivity index (χ0v) is 10.6. The van der Waals surface area contributed by atoms with E-state index in [2.05, 4.69) is 21.4 Å². The van der Waals surface area contributed by atoms with Crippen LogP contribution in [0.4, 0.5) is 0 Å². The van der Waals surface area contributed by atoms with Gasteiger partial charge in [0.1, 0.15) is 5.54 Å². The van der Waals surface area contributed by atoms with Gasteiger partial charge in [0.05, 0.1) is 6.07 Å². The fourth-order valence-electron chi connectivity index (χ4n) is 1.08. The molecule has 0 amide bonds. The van der Waals surface area contributed by atoms with E-state index in [4.69, 9.17) is 5.26 Å². The van der Waals surface area contributed by atoms with E-state index < -0.39 is 5.54 Å². The third-order valence-electron chi connectivity index (χ3n) is 2.40. The summed E-state index contributed by atoms with van der Waals surface area (Å²) in [7, 11) is 1.80. The molecule has 86 valence electrons. The molecule has 1 aromatic heterocycles. The molecular weight excluding hydrogens is 220 g/mol. The number of thioether (sulfide) groups is 1. The predicted molar refractivity (Wildman–Crippen MR) is 65.2 cm³/mol. The minimum absolute atomic E-state index is 0.461. The van der Waals surface area contributed by atoms with E-state index in [-0.39, 0.29) is 0 Å². The van der Waals surface area contributed by atoms with Crippen LogP contribution >= 0.6 is 11.8 Å². The second kappa shape index (κ2) is 5.83. The maximum absolute atomic E-state index is 8.97. The third kappa shape index (κ3) is 3.80. The molecule has 1 atom stereocenters. The third-order valence-corrected chi connectivity index (χ3v) is 3.27. The summed E-state index contributed by atoms with van der Waals surface area (Å²) in [6.07, 6.45) is 2.52. The van der Waals surface area contributed by atoms with Crippen LogP contribution in [-0.2, 0) is 0 Å². The highest BCUT2D eigenvalue weighted by molar-refractivity contribution is 7.99. The molecule has 0 aliphatic rings. The summed E-state index contributed by atoms with van der Waals surface area (Å²) >= 11 is 1.58. The standard InChI is InChI=1S/C11H16N4S/c1-9-4-6-14-10(15-9)16-7-5-11(2,8-12)13-3/h4,6,13H,5,7H2,1-3H3. The number of rotatable bonds is 5. The highest BCUT2D eigenvalue weighted by Crippen LogP contribution is 2.18. The fourth-order valence-corrected chi connectivity index (χ4v) is 2.12. The van der Waals surface area contributed by atoms with Crippen molar-refractivity contribution in [1.82, 2.24) is 15.3 Å². The van der Waals surface area contributed by atoms with E-state index in [0.29, 0.717) is 0 Å². The first kappa shape index (κ1) is 12.9. The SMILES string of the molecule is CNC(C)(C#N)CCSc1nccc(C)n1. The zero-order chi connectivity index (χ0) is 12.0. The monoisotopic (exact) mass is 236 g/mol. The summed E-state index contributed by atoms with van der Waals surface area (Å²) in [6, 6.07) is 4.13. The van der Waals surface area contributed by atoms with Gasteiger partial charge in [-0.15, -0.1) is 0 Å². The lowest BCUT2D eigenvalue weighted by molar-refractivity contribution is 0.479. The van der Waals surface area contributed by atoms with Gasteiger partial charge in [-0.1, -0.05) is 11.8 Å². The number of hydrogen-bond donors (Lipinski definition) is 1. The quantitative estimate of drug-likeness (QED) is 0.623. The largest absolute Gasteiger partial charge is 0.303 e. The van der Waals surface area contributed by atoms with Crippen LogP contribution in [0.1, 0.15) is 19.0 Å². The molecule has 0 aromatic carbocycles. The average Bonchev–Trinajstić information content (AvgIpc) is 2.29. The van der Waals surface area contributed by atoms with Gasteiger partial charge in [0.2, 0.25) is 0 Å². The van der Waals surface area contributed by atoms with E-state index >= 15 is 0 Å². The minimum atomic E-state index is -0.461. The average molecular weight is 236 g/mol. The molecule has 0 aliphatic heterocycles. The van der Waals surface area contributed by atoms with Crippen molar-refractivity contribution in [2.24, 2.45) is 0 Å². The van der Waals surface area contributed by atoms with E-state index in [0.717, 1.165) is 23.0 Å². The van der Waals surface area contributed by atoms with Gasteiger partial charge < -0.3 is 5.32 Å². The van der Waals surface area contributed by atoms with Crippen LogP contribution in [0.3, 0.4) is 0 Å². The summed E-state index contributed by atoms with van der Waals surface area (Å²) in [5.74, 6) is 0.828. The summed E-state index contributed by atoms with van der Waals surface area (Å²) in [5, 5.41) is 12.8. The second-order valence-electron chi connectivity index (χ2n) is 3.77. The molecule has 1 N–H and O–H groups in total. The highest BCUT2D eigenvalue weighted by atomic mass is 32.2. The van der Waals surface area contributed by atoms with E-state index in [9.17, 15) is 0 Å². The van der Waals surface area contributed by atoms with Crippen LogP contribution in [0.25, 0.3) is 0 Å². The Labute approximate surface area is 100 Å². The number of aryl methyl sites for hydroxylation is 1. The number of aromatic nitrogens is 2. The molecule has 0 saturated heterocycles. The van der Waals surface area contributed by atoms with Crippen LogP contribution in [0, 0.1) is 18.3 Å². The Morgan fingerprint density at radius 1 is 1.62 bits per heavy atom. The summed E-state index contributed by atoms with van der Waals surface area (Å²) < 4.78 is 0. The van der Waals surface area contributed by atoms with Gasteiger partial charge in [0.25, 0.3) is 0 Å². The van der Waals surface area contributed by atoms with Crippen LogP contribution < -0.4 is 5.32 Å². The predicted octanol–water partition coefficient (Wildman–Crippen LogP) is 1.77. The maximum Gasteiger partial charge on any atom is 0.187 e. The van der Waals surface area contributed by atoms with Crippen LogP contribution in [-0.4, -0.2) is 28.3 Å². The van der Waals surface area contributed by atoms with Gasteiger partial charge in [-0.25, -0.2) is 9.97 Å². The van der Waals surface area contributed by atoms with Gasteiger partial charge in [-0.2, -0.15) is 5.26 Å². The summed E-state index contributed by atoms with van der Waals surface area (Å²) in [6.45, 7) is 3.84. The van der Waals surface area contributed by atoms with Crippen molar-refractivity contribution in [3.8, 4) is 6.07 Å². The molecule has 1 unspecified atom stereocenters. The maximum atomic E-state index is 8.97. The minimum Gasteiger partial charge on any atom is -0.303 e. The fraction of sp³-hybridized carbons (Fsp3) is 0.545. The van der Waals surface area contributed by atoms with Gasteiger partial charge in [0, 0.05) is 17.6 Å². The zero-order valence-electron chi connectivity index (χ0n) is 9.82. The Morgan fingerprint density at radius 3 is 2.94 bits per heavy atom. The molecule has 0 aliphatic carbocycles.